The molecule has 0 aliphatic heterocycles. The van der Waals surface area contributed by atoms with Gasteiger partial charge in [0, 0.05) is 0 Å². The summed E-state index contributed by atoms with van der Waals surface area (Å²) in [5, 5.41) is 9.54. The quantitative estimate of drug-likeness (QED) is 0.402. The van der Waals surface area contributed by atoms with Crippen molar-refractivity contribution in [2.75, 3.05) is 7.11 Å². The van der Waals surface area contributed by atoms with E-state index in [2.05, 4.69) is 11.7 Å². The van der Waals surface area contributed by atoms with E-state index in [1.165, 1.54) is 7.11 Å². The van der Waals surface area contributed by atoms with E-state index in [-0.39, 0.29) is 11.9 Å². The third-order valence-electron chi connectivity index (χ3n) is 2.30. The smallest absolute Gasteiger partial charge is 0.312 e. The maximum atomic E-state index is 11.0. The maximum Gasteiger partial charge on any atom is 0.312 e. The lowest BCUT2D eigenvalue weighted by atomic mass is 10.1. The van der Waals surface area contributed by atoms with Crippen LogP contribution in [0.25, 0.3) is 0 Å². The van der Waals surface area contributed by atoms with Crippen molar-refractivity contribution < 1.29 is 14.6 Å². The average Bonchev–Trinajstić information content (AvgIpc) is 2.25. The van der Waals surface area contributed by atoms with Gasteiger partial charge in [0.25, 0.3) is 0 Å². The van der Waals surface area contributed by atoms with E-state index in [4.69, 9.17) is 0 Å². The molecule has 0 fully saturated rings. The fourth-order valence-electron chi connectivity index (χ4n) is 1.26. The topological polar surface area (TPSA) is 46.5 Å². The van der Waals surface area contributed by atoms with Gasteiger partial charge in [-0.1, -0.05) is 38.3 Å². The molecule has 15 heavy (non-hydrogen) atoms. The lowest BCUT2D eigenvalue weighted by molar-refractivity contribution is -0.143. The van der Waals surface area contributed by atoms with Crippen molar-refractivity contribution >= 4 is 5.97 Å². The summed E-state index contributed by atoms with van der Waals surface area (Å²) in [6, 6.07) is 0. The van der Waals surface area contributed by atoms with Gasteiger partial charge in [-0.2, -0.15) is 0 Å². The zero-order valence-electron chi connectivity index (χ0n) is 9.90. The van der Waals surface area contributed by atoms with Gasteiger partial charge >= 0.3 is 5.97 Å². The number of esters is 1. The summed E-state index contributed by atoms with van der Waals surface area (Å²) in [6.45, 7) is 3.88. The molecule has 0 amide bonds. The third-order valence-corrected chi connectivity index (χ3v) is 2.30. The Labute approximate surface area is 92.1 Å². The molecule has 0 bridgehead atoms. The summed E-state index contributed by atoms with van der Waals surface area (Å²) in [5.74, 6) is -0.553. The molecule has 3 nitrogen and oxygen atoms in total. The minimum Gasteiger partial charge on any atom is -0.469 e. The molecule has 0 unspecified atom stereocenters. The van der Waals surface area contributed by atoms with E-state index in [0.717, 1.165) is 25.7 Å². The van der Waals surface area contributed by atoms with Crippen LogP contribution in [0, 0.1) is 5.92 Å². The van der Waals surface area contributed by atoms with Crippen molar-refractivity contribution in [1.29, 1.82) is 0 Å². The largest absolute Gasteiger partial charge is 0.469 e. The van der Waals surface area contributed by atoms with Crippen LogP contribution in [0.4, 0.5) is 0 Å². The van der Waals surface area contributed by atoms with Gasteiger partial charge in [0.2, 0.25) is 0 Å². The van der Waals surface area contributed by atoms with Crippen LogP contribution in [0.3, 0.4) is 0 Å². The van der Waals surface area contributed by atoms with E-state index >= 15 is 0 Å². The Balaban J connectivity index is 3.78. The van der Waals surface area contributed by atoms with Crippen molar-refractivity contribution in [3.05, 3.63) is 12.2 Å². The van der Waals surface area contributed by atoms with Gasteiger partial charge in [0.1, 0.15) is 0 Å². The van der Waals surface area contributed by atoms with E-state index in [1.54, 1.807) is 19.1 Å². The van der Waals surface area contributed by atoms with Crippen LogP contribution < -0.4 is 0 Å². The average molecular weight is 214 g/mol. The molecule has 0 saturated carbocycles. The first-order chi connectivity index (χ1) is 7.11. The van der Waals surface area contributed by atoms with Crippen LogP contribution in [0.2, 0.25) is 0 Å². The number of aliphatic hydroxyl groups excluding tert-OH is 1. The standard InChI is InChI=1S/C12H22O3/c1-4-5-6-7-11(13)9-8-10(2)12(14)15-3/h8-11,13H,4-7H2,1-3H3/b9-8+/t10-,11-/m1/s1. The fraction of sp³-hybridized carbons (Fsp3) is 0.750. The minimum absolute atomic E-state index is 0.271. The van der Waals surface area contributed by atoms with E-state index in [0.29, 0.717) is 0 Å². The number of unbranched alkanes of at least 4 members (excludes halogenated alkanes) is 2. The second-order valence-corrected chi connectivity index (χ2v) is 3.76. The van der Waals surface area contributed by atoms with Crippen molar-refractivity contribution in [2.45, 2.75) is 45.6 Å². The second kappa shape index (κ2) is 8.48. The van der Waals surface area contributed by atoms with E-state index < -0.39 is 6.10 Å². The molecule has 0 aliphatic rings. The second-order valence-electron chi connectivity index (χ2n) is 3.76. The van der Waals surface area contributed by atoms with Gasteiger partial charge in [0.15, 0.2) is 0 Å². The summed E-state index contributed by atoms with van der Waals surface area (Å²) in [4.78, 5) is 11.0. The molecule has 0 aliphatic carbocycles. The highest BCUT2D eigenvalue weighted by Crippen LogP contribution is 2.06. The molecule has 0 radical (unpaired) electrons. The summed E-state index contributed by atoms with van der Waals surface area (Å²) in [7, 11) is 1.37. The van der Waals surface area contributed by atoms with Gasteiger partial charge in [-0.25, -0.2) is 0 Å². The van der Waals surface area contributed by atoms with Crippen LogP contribution in [-0.4, -0.2) is 24.3 Å². The SMILES string of the molecule is CCCCC[C@@H](O)/C=C/[C@@H](C)C(=O)OC. The van der Waals surface area contributed by atoms with Crippen LogP contribution in [0.15, 0.2) is 12.2 Å². The summed E-state index contributed by atoms with van der Waals surface area (Å²) in [5.41, 5.74) is 0. The molecule has 0 saturated heterocycles. The predicted octanol–water partition coefficient (Wildman–Crippen LogP) is 2.29. The normalized spacial score (nSPS) is 15.2. The maximum absolute atomic E-state index is 11.0. The van der Waals surface area contributed by atoms with Crippen LogP contribution >= 0.6 is 0 Å². The molecule has 0 aromatic heterocycles. The van der Waals surface area contributed by atoms with Gasteiger partial charge in [-0.05, 0) is 13.3 Å². The van der Waals surface area contributed by atoms with Crippen LogP contribution in [0.1, 0.15) is 39.5 Å². The highest BCUT2D eigenvalue weighted by molar-refractivity contribution is 5.73. The van der Waals surface area contributed by atoms with Gasteiger partial charge < -0.3 is 9.84 Å². The lowest BCUT2D eigenvalue weighted by Crippen LogP contribution is -2.11. The number of ether oxygens (including phenoxy) is 1. The van der Waals surface area contributed by atoms with Crippen molar-refractivity contribution in [3.8, 4) is 0 Å². The van der Waals surface area contributed by atoms with Crippen LogP contribution in [-0.2, 0) is 9.53 Å². The summed E-state index contributed by atoms with van der Waals surface area (Å²) in [6.07, 6.45) is 7.00. The van der Waals surface area contributed by atoms with E-state index in [9.17, 15) is 9.90 Å². The number of aliphatic hydroxyl groups is 1. The van der Waals surface area contributed by atoms with E-state index in [1.807, 2.05) is 0 Å². The molecule has 0 spiro atoms. The lowest BCUT2D eigenvalue weighted by Gasteiger charge is -2.06. The highest BCUT2D eigenvalue weighted by atomic mass is 16.5. The first-order valence-electron chi connectivity index (χ1n) is 5.56. The Hall–Kier alpha value is -0.830. The molecule has 2 atom stereocenters. The number of hydrogen-bond acceptors (Lipinski definition) is 3. The molecule has 88 valence electrons. The highest BCUT2D eigenvalue weighted by Gasteiger charge is 2.09. The number of rotatable bonds is 7. The minimum atomic E-state index is -0.441. The molecule has 0 heterocycles. The Kier molecular flexibility index (Phi) is 8.01. The van der Waals surface area contributed by atoms with Gasteiger partial charge in [0.05, 0.1) is 19.1 Å². The Bertz CT molecular complexity index is 199. The molecule has 0 rings (SSSR count). The zero-order chi connectivity index (χ0) is 11.7. The fourth-order valence-corrected chi connectivity index (χ4v) is 1.26. The molecule has 0 aromatic rings. The Morgan fingerprint density at radius 2 is 2.07 bits per heavy atom. The monoisotopic (exact) mass is 214 g/mol. The Morgan fingerprint density at radius 3 is 2.60 bits per heavy atom. The molecule has 1 N–H and O–H groups in total. The first-order valence-corrected chi connectivity index (χ1v) is 5.56. The van der Waals surface area contributed by atoms with Crippen molar-refractivity contribution in [1.82, 2.24) is 0 Å². The zero-order valence-corrected chi connectivity index (χ0v) is 9.90. The van der Waals surface area contributed by atoms with Crippen molar-refractivity contribution in [3.63, 3.8) is 0 Å². The molecular weight excluding hydrogens is 192 g/mol. The first kappa shape index (κ1) is 14.2. The number of hydrogen-bond donors (Lipinski definition) is 1. The number of carbonyl (C=O) groups excluding carboxylic acids is 1. The third kappa shape index (κ3) is 7.14. The van der Waals surface area contributed by atoms with Gasteiger partial charge in [-0.15, -0.1) is 0 Å². The summed E-state index contributed by atoms with van der Waals surface area (Å²) >= 11 is 0. The summed E-state index contributed by atoms with van der Waals surface area (Å²) < 4.78 is 4.57. The predicted molar refractivity (Wildman–Crippen MR) is 60.5 cm³/mol. The molecule has 0 aromatic carbocycles. The number of carbonyl (C=O) groups is 1. The Morgan fingerprint density at radius 1 is 1.40 bits per heavy atom. The molecule has 3 heteroatoms. The van der Waals surface area contributed by atoms with Crippen molar-refractivity contribution in [2.24, 2.45) is 5.92 Å². The number of methoxy groups -OCH3 is 1. The molecular formula is C12H22O3. The van der Waals surface area contributed by atoms with Gasteiger partial charge in [-0.3, -0.25) is 4.79 Å². The van der Waals surface area contributed by atoms with Crippen LogP contribution in [0.5, 0.6) is 0 Å².